The molecule has 0 fully saturated rings. The van der Waals surface area contributed by atoms with Gasteiger partial charge in [-0.05, 0) is 98.4 Å². The van der Waals surface area contributed by atoms with E-state index in [1.165, 1.54) is 98.9 Å². The van der Waals surface area contributed by atoms with Gasteiger partial charge in [-0.1, -0.05) is 176 Å². The van der Waals surface area contributed by atoms with Crippen LogP contribution in [0.25, 0.3) is 110 Å². The quantitative estimate of drug-likeness (QED) is 0.163. The number of benzene rings is 10. The maximum atomic E-state index is 5.80. The maximum Gasteiger partial charge on any atom is 0.0795 e. The van der Waals surface area contributed by atoms with Gasteiger partial charge in [0.05, 0.1) is 38.7 Å². The molecule has 15 rings (SSSR count). The van der Waals surface area contributed by atoms with E-state index in [2.05, 4.69) is 234 Å². The van der Waals surface area contributed by atoms with Crippen molar-refractivity contribution in [3.05, 3.63) is 247 Å². The van der Waals surface area contributed by atoms with E-state index in [0.717, 1.165) is 33.5 Å². The third-order valence-electron chi connectivity index (χ3n) is 14.7. The van der Waals surface area contributed by atoms with Crippen LogP contribution in [0.5, 0.6) is 0 Å². The summed E-state index contributed by atoms with van der Waals surface area (Å²) in [7, 11) is 0. The summed E-state index contributed by atoms with van der Waals surface area (Å²) in [6.45, 7) is 0. The molecule has 2 aliphatic carbocycles. The Kier molecular flexibility index (Phi) is 6.88. The number of fused-ring (bicyclic) bond motifs is 20. The molecule has 0 atom stereocenters. The molecule has 3 nitrogen and oxygen atoms in total. The molecule has 300 valence electrons. The fourth-order valence-corrected chi connectivity index (χ4v) is 12.2. The van der Waals surface area contributed by atoms with Crippen molar-refractivity contribution in [2.24, 2.45) is 0 Å². The molecule has 0 unspecified atom stereocenters. The fourth-order valence-electron chi connectivity index (χ4n) is 12.2. The Morgan fingerprint density at radius 3 is 1.26 bits per heavy atom. The standard InChI is InChI=1S/C62H37N3/c1-9-25-50-41(17-1)42-18-2-10-26-51(42)62(50)52-27-11-3-24-49(52)59-53(62)34-33-48-43-19-4-12-28-54(43)63-61(60(48)59)38-35-39(64-55-29-13-5-20-44(55)45-21-6-14-30-56(45)64)37-40(36-38)65-57-31-15-7-22-46(57)47-23-8-16-32-58(47)65/h1-37H. The summed E-state index contributed by atoms with van der Waals surface area (Å²) in [6, 6.07) is 83.2. The van der Waals surface area contributed by atoms with Gasteiger partial charge < -0.3 is 9.13 Å². The average molecular weight is 824 g/mol. The highest BCUT2D eigenvalue weighted by atomic mass is 15.0. The van der Waals surface area contributed by atoms with Crippen LogP contribution in [-0.2, 0) is 5.41 Å². The van der Waals surface area contributed by atoms with E-state index in [1.807, 2.05) is 0 Å². The minimum Gasteiger partial charge on any atom is -0.309 e. The predicted molar refractivity (Wildman–Crippen MR) is 270 cm³/mol. The molecule has 3 heteroatoms. The summed E-state index contributed by atoms with van der Waals surface area (Å²) in [6.07, 6.45) is 0. The highest BCUT2D eigenvalue weighted by molar-refractivity contribution is 6.19. The Balaban J connectivity index is 1.12. The Morgan fingerprint density at radius 1 is 0.323 bits per heavy atom. The van der Waals surface area contributed by atoms with E-state index in [-0.39, 0.29) is 0 Å². The van der Waals surface area contributed by atoms with Crippen molar-refractivity contribution in [1.82, 2.24) is 14.1 Å². The van der Waals surface area contributed by atoms with E-state index >= 15 is 0 Å². The largest absolute Gasteiger partial charge is 0.309 e. The molecular formula is C62H37N3. The Bertz CT molecular complexity index is 3920. The van der Waals surface area contributed by atoms with Crippen molar-refractivity contribution in [1.29, 1.82) is 0 Å². The van der Waals surface area contributed by atoms with Gasteiger partial charge in [-0.2, -0.15) is 0 Å². The van der Waals surface area contributed by atoms with E-state index in [9.17, 15) is 0 Å². The van der Waals surface area contributed by atoms with Gasteiger partial charge in [0.2, 0.25) is 0 Å². The van der Waals surface area contributed by atoms with Gasteiger partial charge >= 0.3 is 0 Å². The lowest BCUT2D eigenvalue weighted by Gasteiger charge is -2.30. The second-order valence-corrected chi connectivity index (χ2v) is 17.8. The molecule has 3 heterocycles. The van der Waals surface area contributed by atoms with Crippen LogP contribution in [0.1, 0.15) is 22.3 Å². The van der Waals surface area contributed by atoms with Gasteiger partial charge in [0.1, 0.15) is 0 Å². The molecule has 65 heavy (non-hydrogen) atoms. The van der Waals surface area contributed by atoms with Crippen LogP contribution in [0.2, 0.25) is 0 Å². The molecule has 13 aromatic rings. The van der Waals surface area contributed by atoms with Crippen LogP contribution in [0.3, 0.4) is 0 Å². The Morgan fingerprint density at radius 2 is 0.738 bits per heavy atom. The zero-order chi connectivity index (χ0) is 42.4. The van der Waals surface area contributed by atoms with Crippen LogP contribution >= 0.6 is 0 Å². The molecule has 0 aliphatic heterocycles. The Labute approximate surface area is 374 Å². The highest BCUT2D eigenvalue weighted by Crippen LogP contribution is 2.64. The highest BCUT2D eigenvalue weighted by Gasteiger charge is 2.52. The third-order valence-corrected chi connectivity index (χ3v) is 14.7. The van der Waals surface area contributed by atoms with E-state index < -0.39 is 5.41 Å². The van der Waals surface area contributed by atoms with Crippen LogP contribution in [-0.4, -0.2) is 14.1 Å². The molecule has 0 saturated heterocycles. The topological polar surface area (TPSA) is 22.8 Å². The molecule has 3 aromatic heterocycles. The molecule has 2 aliphatic rings. The molecular weight excluding hydrogens is 787 g/mol. The number of para-hydroxylation sites is 5. The zero-order valence-corrected chi connectivity index (χ0v) is 35.2. The first-order valence-electron chi connectivity index (χ1n) is 22.6. The molecule has 0 saturated carbocycles. The normalized spacial score (nSPS) is 13.4. The lowest BCUT2D eigenvalue weighted by atomic mass is 9.70. The number of aromatic nitrogens is 3. The lowest BCUT2D eigenvalue weighted by Crippen LogP contribution is -2.25. The second-order valence-electron chi connectivity index (χ2n) is 17.8. The van der Waals surface area contributed by atoms with Crippen LogP contribution in [0, 0.1) is 0 Å². The smallest absolute Gasteiger partial charge is 0.0795 e. The number of rotatable bonds is 3. The van der Waals surface area contributed by atoms with E-state index in [1.54, 1.807) is 0 Å². The van der Waals surface area contributed by atoms with Crippen molar-refractivity contribution in [2.75, 3.05) is 0 Å². The van der Waals surface area contributed by atoms with Crippen molar-refractivity contribution in [3.63, 3.8) is 0 Å². The van der Waals surface area contributed by atoms with Crippen molar-refractivity contribution >= 4 is 65.3 Å². The monoisotopic (exact) mass is 823 g/mol. The van der Waals surface area contributed by atoms with Crippen LogP contribution < -0.4 is 0 Å². The first kappa shape index (κ1) is 35.0. The molecule has 10 aromatic carbocycles. The van der Waals surface area contributed by atoms with E-state index in [4.69, 9.17) is 4.98 Å². The Hall–Kier alpha value is -8.53. The van der Waals surface area contributed by atoms with Gasteiger partial charge in [-0.25, -0.2) is 4.98 Å². The molecule has 0 bridgehead atoms. The summed E-state index contributed by atoms with van der Waals surface area (Å²) in [5.41, 5.74) is 19.8. The summed E-state index contributed by atoms with van der Waals surface area (Å²) in [4.78, 5) is 5.80. The SMILES string of the molecule is c1ccc2c(c1)-c1ccccc1C21c2ccccc2-c2c1ccc1c2c(-c2cc(-n3c4ccccc4c4ccccc43)cc(-n3c4ccccc4c4ccccc43)c2)nc2ccccc21. The molecule has 0 amide bonds. The fraction of sp³-hybridized carbons (Fsp3) is 0.0161. The van der Waals surface area contributed by atoms with Gasteiger partial charge in [-0.3, -0.25) is 0 Å². The molecule has 0 N–H and O–H groups in total. The van der Waals surface area contributed by atoms with Gasteiger partial charge in [0.25, 0.3) is 0 Å². The third kappa shape index (κ3) is 4.46. The summed E-state index contributed by atoms with van der Waals surface area (Å²) in [5.74, 6) is 0. The molecule has 1 spiro atoms. The van der Waals surface area contributed by atoms with Gasteiger partial charge in [0.15, 0.2) is 0 Å². The average Bonchev–Trinajstić information content (AvgIpc) is 4.08. The molecule has 0 radical (unpaired) electrons. The lowest BCUT2D eigenvalue weighted by molar-refractivity contribution is 0.794. The van der Waals surface area contributed by atoms with Crippen molar-refractivity contribution < 1.29 is 0 Å². The van der Waals surface area contributed by atoms with Crippen LogP contribution in [0.15, 0.2) is 224 Å². The number of pyridine rings is 1. The second kappa shape index (κ2) is 12.8. The summed E-state index contributed by atoms with van der Waals surface area (Å²) >= 11 is 0. The zero-order valence-electron chi connectivity index (χ0n) is 35.2. The number of hydrogen-bond donors (Lipinski definition) is 0. The maximum absolute atomic E-state index is 5.80. The minimum absolute atomic E-state index is 0.477. The van der Waals surface area contributed by atoms with Crippen molar-refractivity contribution in [2.45, 2.75) is 5.41 Å². The first-order chi connectivity index (χ1) is 32.3. The summed E-state index contributed by atoms with van der Waals surface area (Å²) in [5, 5.41) is 8.48. The van der Waals surface area contributed by atoms with Crippen LogP contribution in [0.4, 0.5) is 0 Å². The van der Waals surface area contributed by atoms with E-state index in [0.29, 0.717) is 0 Å². The first-order valence-corrected chi connectivity index (χ1v) is 22.6. The van der Waals surface area contributed by atoms with Gasteiger partial charge in [-0.15, -0.1) is 0 Å². The van der Waals surface area contributed by atoms with Gasteiger partial charge in [0, 0.05) is 49.3 Å². The number of hydrogen-bond acceptors (Lipinski definition) is 1. The minimum atomic E-state index is -0.477. The van der Waals surface area contributed by atoms with Crippen molar-refractivity contribution in [3.8, 4) is 44.9 Å². The number of nitrogens with zero attached hydrogens (tertiary/aromatic N) is 3. The summed E-state index contributed by atoms with van der Waals surface area (Å²) < 4.78 is 4.91. The predicted octanol–water partition coefficient (Wildman–Crippen LogP) is 15.6.